The Balaban J connectivity index is 2.02. The molecule has 1 saturated carbocycles. The maximum absolute atomic E-state index is 11.1. The first-order valence-electron chi connectivity index (χ1n) is 5.67. The van der Waals surface area contributed by atoms with Crippen LogP contribution in [0.4, 0.5) is 0 Å². The largest absolute Gasteiger partial charge is 0.481 e. The maximum Gasteiger partial charge on any atom is 0.311 e. The second-order valence-electron chi connectivity index (χ2n) is 4.89. The van der Waals surface area contributed by atoms with Crippen LogP contribution in [0.15, 0.2) is 0 Å². The Kier molecular flexibility index (Phi) is 3.10. The summed E-state index contributed by atoms with van der Waals surface area (Å²) in [4.78, 5) is 13.1. The molecule has 1 aliphatic rings. The van der Waals surface area contributed by atoms with Gasteiger partial charge < -0.3 is 10.0 Å². The topological polar surface area (TPSA) is 84.1 Å². The number of aromatic nitrogens is 4. The number of carbonyl (C=O) groups is 1. The highest BCUT2D eigenvalue weighted by molar-refractivity contribution is 5.77. The van der Waals surface area contributed by atoms with Gasteiger partial charge in [0.05, 0.1) is 12.0 Å². The Morgan fingerprint density at radius 3 is 2.76 bits per heavy atom. The molecule has 0 amide bonds. The molecule has 1 N–H and O–H groups in total. The normalized spacial score (nSPS) is 17.4. The van der Waals surface area contributed by atoms with Crippen molar-refractivity contribution in [2.24, 2.45) is 5.41 Å². The summed E-state index contributed by atoms with van der Waals surface area (Å²) < 4.78 is 1.63. The fraction of sp³-hybridized carbons (Fsp3) is 0.800. The minimum atomic E-state index is -0.744. The second kappa shape index (κ2) is 4.40. The SMILES string of the molecule is CN(C)CCc1nnnn1CC1(C(=O)O)CC1. The summed E-state index contributed by atoms with van der Waals surface area (Å²) in [6, 6.07) is 0. The van der Waals surface area contributed by atoms with E-state index in [4.69, 9.17) is 5.11 Å². The summed E-state index contributed by atoms with van der Waals surface area (Å²) >= 11 is 0. The average Bonchev–Trinajstić information content (AvgIpc) is 2.90. The number of nitrogens with zero attached hydrogens (tertiary/aromatic N) is 5. The molecule has 0 unspecified atom stereocenters. The third kappa shape index (κ3) is 2.60. The molecule has 0 radical (unpaired) electrons. The zero-order valence-electron chi connectivity index (χ0n) is 10.1. The molecule has 0 aromatic carbocycles. The summed E-state index contributed by atoms with van der Waals surface area (Å²) in [7, 11) is 3.96. The zero-order valence-corrected chi connectivity index (χ0v) is 10.1. The van der Waals surface area contributed by atoms with Crippen LogP contribution in [0.1, 0.15) is 18.7 Å². The molecule has 1 aliphatic carbocycles. The van der Waals surface area contributed by atoms with Gasteiger partial charge in [0.2, 0.25) is 0 Å². The molecule has 94 valence electrons. The molecular weight excluding hydrogens is 222 g/mol. The molecule has 0 aliphatic heterocycles. The number of rotatable bonds is 6. The van der Waals surface area contributed by atoms with Crippen molar-refractivity contribution in [3.05, 3.63) is 5.82 Å². The lowest BCUT2D eigenvalue weighted by Gasteiger charge is -2.12. The van der Waals surface area contributed by atoms with E-state index in [0.717, 1.165) is 31.6 Å². The highest BCUT2D eigenvalue weighted by Crippen LogP contribution is 2.47. The molecule has 1 aromatic heterocycles. The number of hydrogen-bond acceptors (Lipinski definition) is 5. The first-order valence-corrected chi connectivity index (χ1v) is 5.67. The zero-order chi connectivity index (χ0) is 12.5. The summed E-state index contributed by atoms with van der Waals surface area (Å²) in [5.74, 6) is 0.0118. The van der Waals surface area contributed by atoms with Crippen LogP contribution in [0.3, 0.4) is 0 Å². The number of tetrazole rings is 1. The molecule has 0 atom stereocenters. The quantitative estimate of drug-likeness (QED) is 0.730. The van der Waals surface area contributed by atoms with Crippen LogP contribution in [0.5, 0.6) is 0 Å². The predicted molar refractivity (Wildman–Crippen MR) is 59.4 cm³/mol. The van der Waals surface area contributed by atoms with E-state index in [0.29, 0.717) is 6.54 Å². The van der Waals surface area contributed by atoms with Crippen molar-refractivity contribution >= 4 is 5.97 Å². The molecule has 1 fully saturated rings. The van der Waals surface area contributed by atoms with Gasteiger partial charge in [-0.1, -0.05) is 0 Å². The fourth-order valence-corrected chi connectivity index (χ4v) is 1.73. The lowest BCUT2D eigenvalue weighted by Crippen LogP contribution is -2.24. The maximum atomic E-state index is 11.1. The van der Waals surface area contributed by atoms with Gasteiger partial charge in [-0.25, -0.2) is 4.68 Å². The lowest BCUT2D eigenvalue weighted by molar-refractivity contribution is -0.144. The summed E-state index contributed by atoms with van der Waals surface area (Å²) in [6.45, 7) is 1.23. The van der Waals surface area contributed by atoms with E-state index in [1.165, 1.54) is 0 Å². The Hall–Kier alpha value is -1.50. The molecule has 7 heteroatoms. The van der Waals surface area contributed by atoms with Gasteiger partial charge in [-0.15, -0.1) is 5.10 Å². The van der Waals surface area contributed by atoms with E-state index in [2.05, 4.69) is 15.5 Å². The van der Waals surface area contributed by atoms with Crippen molar-refractivity contribution in [1.82, 2.24) is 25.1 Å². The van der Waals surface area contributed by atoms with Crippen LogP contribution in [0.25, 0.3) is 0 Å². The number of aliphatic carboxylic acids is 1. The average molecular weight is 239 g/mol. The lowest BCUT2D eigenvalue weighted by atomic mass is 10.1. The molecule has 1 aromatic rings. The first kappa shape index (κ1) is 12.0. The van der Waals surface area contributed by atoms with Gasteiger partial charge in [-0.3, -0.25) is 4.79 Å². The van der Waals surface area contributed by atoms with Gasteiger partial charge in [0.25, 0.3) is 0 Å². The number of likely N-dealkylation sites (N-methyl/N-ethyl adjacent to an activating group) is 1. The van der Waals surface area contributed by atoms with E-state index >= 15 is 0 Å². The van der Waals surface area contributed by atoms with Crippen molar-refractivity contribution in [2.75, 3.05) is 20.6 Å². The second-order valence-corrected chi connectivity index (χ2v) is 4.89. The molecule has 0 bridgehead atoms. The minimum absolute atomic E-state index is 0.387. The molecular formula is C10H17N5O2. The number of carboxylic acid groups (broad SMARTS) is 1. The van der Waals surface area contributed by atoms with E-state index < -0.39 is 11.4 Å². The van der Waals surface area contributed by atoms with E-state index in [9.17, 15) is 4.79 Å². The third-order valence-corrected chi connectivity index (χ3v) is 3.15. The molecule has 0 spiro atoms. The predicted octanol–water partition coefficient (Wildman–Crippen LogP) is -0.358. The monoisotopic (exact) mass is 239 g/mol. The Labute approximate surface area is 99.4 Å². The van der Waals surface area contributed by atoms with Crippen LogP contribution in [0, 0.1) is 5.41 Å². The smallest absolute Gasteiger partial charge is 0.311 e. The Bertz CT molecular complexity index is 411. The van der Waals surface area contributed by atoms with Crippen molar-refractivity contribution in [2.45, 2.75) is 25.8 Å². The highest BCUT2D eigenvalue weighted by atomic mass is 16.4. The van der Waals surface area contributed by atoms with Gasteiger partial charge in [0.15, 0.2) is 5.82 Å². The molecule has 2 rings (SSSR count). The van der Waals surface area contributed by atoms with Gasteiger partial charge in [-0.05, 0) is 37.4 Å². The summed E-state index contributed by atoms with van der Waals surface area (Å²) in [5.41, 5.74) is -0.623. The summed E-state index contributed by atoms with van der Waals surface area (Å²) in [5, 5.41) is 20.6. The third-order valence-electron chi connectivity index (χ3n) is 3.15. The van der Waals surface area contributed by atoms with Gasteiger partial charge in [-0.2, -0.15) is 0 Å². The first-order chi connectivity index (χ1) is 8.03. The minimum Gasteiger partial charge on any atom is -0.481 e. The van der Waals surface area contributed by atoms with Crippen LogP contribution >= 0.6 is 0 Å². The molecule has 0 saturated heterocycles. The molecule has 17 heavy (non-hydrogen) atoms. The van der Waals surface area contributed by atoms with Crippen molar-refractivity contribution in [3.8, 4) is 0 Å². The van der Waals surface area contributed by atoms with E-state index in [-0.39, 0.29) is 0 Å². The van der Waals surface area contributed by atoms with Crippen molar-refractivity contribution in [1.29, 1.82) is 0 Å². The fourth-order valence-electron chi connectivity index (χ4n) is 1.73. The Morgan fingerprint density at radius 2 is 2.24 bits per heavy atom. The van der Waals surface area contributed by atoms with Gasteiger partial charge >= 0.3 is 5.97 Å². The Morgan fingerprint density at radius 1 is 1.53 bits per heavy atom. The summed E-state index contributed by atoms with van der Waals surface area (Å²) in [6.07, 6.45) is 2.17. The number of hydrogen-bond donors (Lipinski definition) is 1. The standard InChI is InChI=1S/C10H17N5O2/c1-14(2)6-3-8-11-12-13-15(8)7-10(4-5-10)9(16)17/h3-7H2,1-2H3,(H,16,17). The molecule has 1 heterocycles. The van der Waals surface area contributed by atoms with Crippen molar-refractivity contribution in [3.63, 3.8) is 0 Å². The van der Waals surface area contributed by atoms with Crippen LogP contribution < -0.4 is 0 Å². The molecule has 7 nitrogen and oxygen atoms in total. The number of carboxylic acids is 1. The van der Waals surface area contributed by atoms with Gasteiger partial charge in [0, 0.05) is 13.0 Å². The van der Waals surface area contributed by atoms with Crippen LogP contribution in [-0.4, -0.2) is 56.8 Å². The van der Waals surface area contributed by atoms with E-state index in [1.807, 2.05) is 19.0 Å². The van der Waals surface area contributed by atoms with Crippen LogP contribution in [0.2, 0.25) is 0 Å². The van der Waals surface area contributed by atoms with Crippen molar-refractivity contribution < 1.29 is 9.90 Å². The van der Waals surface area contributed by atoms with Gasteiger partial charge in [0.1, 0.15) is 0 Å². The van der Waals surface area contributed by atoms with Crippen LogP contribution in [-0.2, 0) is 17.8 Å². The highest BCUT2D eigenvalue weighted by Gasteiger charge is 2.51. The van der Waals surface area contributed by atoms with E-state index in [1.54, 1.807) is 4.68 Å².